The molecule has 1 aromatic heterocycles. The van der Waals surface area contributed by atoms with Crippen LogP contribution in [0.15, 0.2) is 99.3 Å². The van der Waals surface area contributed by atoms with Gasteiger partial charge >= 0.3 is 0 Å². The summed E-state index contributed by atoms with van der Waals surface area (Å²) in [6.07, 6.45) is 0. The number of thiocarbonyl (C=S) groups is 1. The molecule has 0 saturated carbocycles. The largest absolute Gasteiger partial charge is 0.397 e. The lowest BCUT2D eigenvalue weighted by atomic mass is 10.1. The number of ether oxygens (including phenoxy) is 2. The minimum atomic E-state index is 0.109. The normalized spacial score (nSPS) is 10.1. The first-order chi connectivity index (χ1) is 25.4. The summed E-state index contributed by atoms with van der Waals surface area (Å²) >= 11 is 16.3. The van der Waals surface area contributed by atoms with Crippen molar-refractivity contribution >= 4 is 98.7 Å². The molecule has 0 saturated heterocycles. The fourth-order valence-corrected chi connectivity index (χ4v) is 5.97. The van der Waals surface area contributed by atoms with E-state index in [1.54, 1.807) is 30.4 Å². The van der Waals surface area contributed by atoms with Gasteiger partial charge in [0, 0.05) is 56.6 Å². The maximum atomic E-state index is 11.1. The maximum absolute atomic E-state index is 11.1. The molecule has 0 radical (unpaired) electrons. The standard InChI is InChI=1S/C19H19BrN2OS.C11H16N2OS.C8H6Br2O.C2H6O/c1-3-23-11-14-5-4-13(2)17(10-14)21-19-22-18(12-24-19)15-6-8-16(20)9-7-15;1-3-14-7-9-5-4-8(2)10(6-9)13-11(12)15;9-5-8(11)6-1-3-7(10)4-2-6;1-2-3/h4-10,12H,3,11H2,1-2H3,(H,21,22);4-6H,3,7H2,1-2H3,(H3,12,13,15);1-4H,5H2;3H,2H2,1H3. The number of hydrogen-bond acceptors (Lipinski definition) is 8. The van der Waals surface area contributed by atoms with E-state index in [0.717, 1.165) is 65.6 Å². The Bertz CT molecular complexity index is 1840. The molecule has 0 aliphatic carbocycles. The van der Waals surface area contributed by atoms with E-state index in [2.05, 4.69) is 101 Å². The van der Waals surface area contributed by atoms with Crippen molar-refractivity contribution in [2.24, 2.45) is 5.73 Å². The number of carbonyl (C=O) groups excluding carboxylic acids is 1. The molecule has 0 aliphatic heterocycles. The van der Waals surface area contributed by atoms with Crippen molar-refractivity contribution < 1.29 is 19.4 Å². The monoisotopic (exact) mass is 948 g/mol. The zero-order chi connectivity index (χ0) is 39.2. The third-order valence-corrected chi connectivity index (χ3v) is 9.41. The highest BCUT2D eigenvalue weighted by Crippen LogP contribution is 2.29. The van der Waals surface area contributed by atoms with Gasteiger partial charge < -0.3 is 30.9 Å². The van der Waals surface area contributed by atoms with Crippen molar-refractivity contribution in [3.05, 3.63) is 127 Å². The fourth-order valence-electron chi connectivity index (χ4n) is 4.27. The van der Waals surface area contributed by atoms with E-state index in [4.69, 9.17) is 37.5 Å². The highest BCUT2D eigenvalue weighted by molar-refractivity contribution is 9.10. The molecule has 284 valence electrons. The van der Waals surface area contributed by atoms with Gasteiger partial charge in [0.05, 0.1) is 24.2 Å². The molecule has 5 N–H and O–H groups in total. The molecule has 0 fully saturated rings. The van der Waals surface area contributed by atoms with Crippen molar-refractivity contribution in [3.63, 3.8) is 0 Å². The molecule has 53 heavy (non-hydrogen) atoms. The van der Waals surface area contributed by atoms with Gasteiger partial charge in [-0.15, -0.1) is 11.3 Å². The van der Waals surface area contributed by atoms with Gasteiger partial charge in [0.2, 0.25) is 0 Å². The Morgan fingerprint density at radius 2 is 1.32 bits per heavy atom. The van der Waals surface area contributed by atoms with E-state index in [-0.39, 0.29) is 17.5 Å². The number of aliphatic hydroxyl groups excluding tert-OH is 1. The number of nitrogens with one attached hydrogen (secondary N) is 2. The molecular formula is C40H47Br3N4O4S2. The smallest absolute Gasteiger partial charge is 0.187 e. The summed E-state index contributed by atoms with van der Waals surface area (Å²) in [7, 11) is 0. The SMILES string of the molecule is CCO.CCOCc1ccc(C)c(NC(N)=S)c1.CCOCc1ccc(C)c(Nc2nc(-c3ccc(Br)cc3)cs2)c1.O=C(CBr)c1ccc(Br)cc1. The van der Waals surface area contributed by atoms with Crippen LogP contribution in [-0.4, -0.2) is 46.1 Å². The third kappa shape index (κ3) is 17.8. The zero-order valence-corrected chi connectivity index (χ0v) is 36.9. The van der Waals surface area contributed by atoms with Crippen LogP contribution in [0.2, 0.25) is 0 Å². The molecule has 0 aliphatic rings. The number of Topliss-reactive ketones (excluding diaryl/α,β-unsaturated/α-hetero) is 1. The number of alkyl halides is 1. The first kappa shape index (κ1) is 46.1. The number of hydrogen-bond donors (Lipinski definition) is 4. The molecule has 13 heteroatoms. The highest BCUT2D eigenvalue weighted by atomic mass is 79.9. The number of aromatic nitrogens is 1. The first-order valence-electron chi connectivity index (χ1n) is 16.8. The van der Waals surface area contributed by atoms with E-state index < -0.39 is 0 Å². The molecule has 5 rings (SSSR count). The predicted molar refractivity (Wildman–Crippen MR) is 237 cm³/mol. The average molecular weight is 952 g/mol. The maximum Gasteiger partial charge on any atom is 0.187 e. The Hall–Kier alpha value is -3.01. The predicted octanol–water partition coefficient (Wildman–Crippen LogP) is 11.4. The van der Waals surface area contributed by atoms with Crippen LogP contribution in [0, 0.1) is 13.8 Å². The number of carbonyl (C=O) groups is 1. The van der Waals surface area contributed by atoms with Gasteiger partial charge in [0.25, 0.3) is 0 Å². The number of nitrogens with two attached hydrogens (primary N) is 1. The van der Waals surface area contributed by atoms with Crippen LogP contribution in [0.25, 0.3) is 11.3 Å². The molecule has 0 spiro atoms. The summed E-state index contributed by atoms with van der Waals surface area (Å²) in [5.74, 6) is 0.109. The Morgan fingerprint density at radius 1 is 0.830 bits per heavy atom. The van der Waals surface area contributed by atoms with Crippen molar-refractivity contribution in [2.75, 3.05) is 35.8 Å². The average Bonchev–Trinajstić information content (AvgIpc) is 3.61. The van der Waals surface area contributed by atoms with Gasteiger partial charge in [-0.05, 0) is 105 Å². The van der Waals surface area contributed by atoms with E-state index in [0.29, 0.717) is 25.2 Å². The summed E-state index contributed by atoms with van der Waals surface area (Å²) < 4.78 is 12.9. The van der Waals surface area contributed by atoms with Crippen LogP contribution in [0.4, 0.5) is 16.5 Å². The Kier molecular flexibility index (Phi) is 22.6. The van der Waals surface area contributed by atoms with Gasteiger partial charge in [-0.25, -0.2) is 4.98 Å². The number of aryl methyl sites for hydroxylation is 2. The summed E-state index contributed by atoms with van der Waals surface area (Å²) in [4.78, 5) is 15.8. The van der Waals surface area contributed by atoms with E-state index in [9.17, 15) is 4.79 Å². The topological polar surface area (TPSA) is 119 Å². The number of thiazole rings is 1. The number of halogens is 3. The summed E-state index contributed by atoms with van der Waals surface area (Å²) in [5, 5.41) is 17.6. The van der Waals surface area contributed by atoms with Crippen LogP contribution < -0.4 is 16.4 Å². The van der Waals surface area contributed by atoms with Crippen molar-refractivity contribution in [1.82, 2.24) is 4.98 Å². The van der Waals surface area contributed by atoms with Crippen molar-refractivity contribution in [1.29, 1.82) is 0 Å². The zero-order valence-electron chi connectivity index (χ0n) is 30.5. The molecule has 0 amide bonds. The molecule has 1 heterocycles. The second-order valence-electron chi connectivity index (χ2n) is 11.1. The van der Waals surface area contributed by atoms with E-state index >= 15 is 0 Å². The second-order valence-corrected chi connectivity index (χ2v) is 14.8. The lowest BCUT2D eigenvalue weighted by Gasteiger charge is -2.10. The quantitative estimate of drug-likeness (QED) is 0.0551. The molecular weight excluding hydrogens is 904 g/mol. The second kappa shape index (κ2) is 25.9. The van der Waals surface area contributed by atoms with Gasteiger partial charge in [-0.2, -0.15) is 0 Å². The molecule has 0 atom stereocenters. The minimum absolute atomic E-state index is 0.109. The summed E-state index contributed by atoms with van der Waals surface area (Å²) in [5.41, 5.74) is 14.9. The lowest BCUT2D eigenvalue weighted by molar-refractivity contribution is 0.102. The fraction of sp³-hybridized carbons (Fsp3) is 0.275. The minimum Gasteiger partial charge on any atom is -0.397 e. The highest BCUT2D eigenvalue weighted by Gasteiger charge is 2.08. The molecule has 4 aromatic carbocycles. The first-order valence-corrected chi connectivity index (χ1v) is 20.8. The lowest BCUT2D eigenvalue weighted by Crippen LogP contribution is -2.19. The van der Waals surface area contributed by atoms with Gasteiger partial charge in [-0.3, -0.25) is 4.79 Å². The van der Waals surface area contributed by atoms with Crippen molar-refractivity contribution in [3.8, 4) is 11.3 Å². The van der Waals surface area contributed by atoms with Gasteiger partial charge in [-0.1, -0.05) is 96.3 Å². The van der Waals surface area contributed by atoms with Crippen LogP contribution in [0.5, 0.6) is 0 Å². The molecule has 0 bridgehead atoms. The van der Waals surface area contributed by atoms with Gasteiger partial charge in [0.15, 0.2) is 16.0 Å². The summed E-state index contributed by atoms with van der Waals surface area (Å²) in [6.45, 7) is 12.7. The third-order valence-electron chi connectivity index (χ3n) is 6.98. The van der Waals surface area contributed by atoms with Crippen molar-refractivity contribution in [2.45, 2.75) is 47.8 Å². The number of anilines is 3. The van der Waals surface area contributed by atoms with Crippen LogP contribution >= 0.6 is 71.3 Å². The number of ketones is 1. The van der Waals surface area contributed by atoms with Crippen LogP contribution in [0.3, 0.4) is 0 Å². The van der Waals surface area contributed by atoms with Gasteiger partial charge in [0.1, 0.15) is 0 Å². The molecule has 5 aromatic rings. The Balaban J connectivity index is 0.000000287. The van der Waals surface area contributed by atoms with Crippen LogP contribution in [0.1, 0.15) is 53.4 Å². The molecule has 0 unspecified atom stereocenters. The van der Waals surface area contributed by atoms with E-state index in [1.165, 1.54) is 5.56 Å². The van der Waals surface area contributed by atoms with E-state index in [1.807, 2.05) is 63.2 Å². The number of aliphatic hydroxyl groups is 1. The Morgan fingerprint density at radius 3 is 1.81 bits per heavy atom. The number of rotatable bonds is 12. The number of nitrogens with zero attached hydrogens (tertiary/aromatic N) is 1. The van der Waals surface area contributed by atoms with Crippen LogP contribution in [-0.2, 0) is 22.7 Å². The Labute approximate surface area is 348 Å². The summed E-state index contributed by atoms with van der Waals surface area (Å²) in [6, 6.07) is 27.9. The molecule has 8 nitrogen and oxygen atoms in total. The number of benzene rings is 4.